The van der Waals surface area contributed by atoms with E-state index in [1.54, 1.807) is 11.0 Å². The highest BCUT2D eigenvalue weighted by Gasteiger charge is 2.33. The van der Waals surface area contributed by atoms with Crippen molar-refractivity contribution in [2.45, 2.75) is 24.3 Å². The van der Waals surface area contributed by atoms with Crippen LogP contribution in [-0.4, -0.2) is 93.6 Å². The van der Waals surface area contributed by atoms with Crippen LogP contribution in [0.25, 0.3) is 0 Å². The normalized spacial score (nSPS) is 19.9. The zero-order chi connectivity index (χ0) is 26.3. The molecule has 4 aliphatic heterocycles. The van der Waals surface area contributed by atoms with Crippen LogP contribution in [0.15, 0.2) is 41.3 Å². The van der Waals surface area contributed by atoms with E-state index >= 15 is 0 Å². The van der Waals surface area contributed by atoms with Crippen LogP contribution in [0.4, 0.5) is 5.69 Å². The van der Waals surface area contributed by atoms with Crippen LogP contribution in [0.3, 0.4) is 0 Å². The SMILES string of the molecule is O=C(CN1C(=O)COc2ccc(S(=O)(=O)N3CCCC3)cc21)N1CCN(Cc2ccc3c(c2)OCO3)CC1. The van der Waals surface area contributed by atoms with Gasteiger partial charge in [-0.2, -0.15) is 4.31 Å². The Morgan fingerprint density at radius 2 is 1.58 bits per heavy atom. The minimum absolute atomic E-state index is 0.103. The van der Waals surface area contributed by atoms with Gasteiger partial charge in [-0.05, 0) is 48.7 Å². The van der Waals surface area contributed by atoms with Gasteiger partial charge in [-0.15, -0.1) is 0 Å². The highest BCUT2D eigenvalue weighted by molar-refractivity contribution is 7.89. The van der Waals surface area contributed by atoms with Gasteiger partial charge in [-0.3, -0.25) is 19.4 Å². The molecular weight excluding hydrogens is 512 g/mol. The Bertz CT molecular complexity index is 1350. The molecule has 0 aliphatic carbocycles. The molecule has 0 spiro atoms. The minimum Gasteiger partial charge on any atom is -0.482 e. The van der Waals surface area contributed by atoms with E-state index in [0.29, 0.717) is 50.7 Å². The van der Waals surface area contributed by atoms with Crippen LogP contribution < -0.4 is 19.1 Å². The molecule has 2 fully saturated rings. The molecule has 0 N–H and O–H groups in total. The van der Waals surface area contributed by atoms with Gasteiger partial charge in [0.1, 0.15) is 12.3 Å². The maximum absolute atomic E-state index is 13.2. The molecule has 4 heterocycles. The molecule has 38 heavy (non-hydrogen) atoms. The molecule has 2 aromatic carbocycles. The first-order chi connectivity index (χ1) is 18.4. The van der Waals surface area contributed by atoms with Crippen molar-refractivity contribution >= 4 is 27.5 Å². The van der Waals surface area contributed by atoms with Crippen LogP contribution >= 0.6 is 0 Å². The van der Waals surface area contributed by atoms with Gasteiger partial charge in [-0.1, -0.05) is 6.07 Å². The summed E-state index contributed by atoms with van der Waals surface area (Å²) in [5.74, 6) is 1.35. The van der Waals surface area contributed by atoms with E-state index in [1.165, 1.54) is 21.3 Å². The van der Waals surface area contributed by atoms with Gasteiger partial charge in [0.2, 0.25) is 22.7 Å². The van der Waals surface area contributed by atoms with E-state index in [0.717, 1.165) is 36.4 Å². The van der Waals surface area contributed by atoms with Crippen molar-refractivity contribution in [3.05, 3.63) is 42.0 Å². The zero-order valence-electron chi connectivity index (χ0n) is 21.0. The number of nitrogens with zero attached hydrogens (tertiary/aromatic N) is 4. The zero-order valence-corrected chi connectivity index (χ0v) is 21.8. The minimum atomic E-state index is -3.67. The summed E-state index contributed by atoms with van der Waals surface area (Å²) in [6.07, 6.45) is 1.66. The van der Waals surface area contributed by atoms with Crippen molar-refractivity contribution in [1.82, 2.24) is 14.1 Å². The molecule has 0 unspecified atom stereocenters. The van der Waals surface area contributed by atoms with Gasteiger partial charge in [0.05, 0.1) is 10.6 Å². The number of ether oxygens (including phenoxy) is 3. The van der Waals surface area contributed by atoms with Gasteiger partial charge in [0.15, 0.2) is 18.1 Å². The maximum Gasteiger partial charge on any atom is 0.265 e. The molecule has 12 heteroatoms. The number of anilines is 1. The third kappa shape index (κ3) is 4.79. The standard InChI is InChI=1S/C26H30N4O7S/c31-25(28-11-9-27(10-12-28)15-19-3-5-23-24(13-19)37-18-36-23)16-30-21-14-20(4-6-22(21)35-17-26(30)32)38(33,34)29-7-1-2-8-29/h3-6,13-14H,1-2,7-12,15-18H2. The Balaban J connectivity index is 1.11. The smallest absolute Gasteiger partial charge is 0.265 e. The molecule has 6 rings (SSSR count). The van der Waals surface area contributed by atoms with E-state index in [4.69, 9.17) is 14.2 Å². The predicted octanol–water partition coefficient (Wildman–Crippen LogP) is 1.27. The van der Waals surface area contributed by atoms with Crippen LogP contribution in [0.1, 0.15) is 18.4 Å². The van der Waals surface area contributed by atoms with Gasteiger partial charge in [-0.25, -0.2) is 8.42 Å². The lowest BCUT2D eigenvalue weighted by Crippen LogP contribution is -2.52. The number of amides is 2. The van der Waals surface area contributed by atoms with Crippen molar-refractivity contribution < 1.29 is 32.2 Å². The van der Waals surface area contributed by atoms with E-state index < -0.39 is 10.0 Å². The molecule has 0 atom stereocenters. The first-order valence-corrected chi connectivity index (χ1v) is 14.3. The lowest BCUT2D eigenvalue weighted by Gasteiger charge is -2.36. The second-order valence-electron chi connectivity index (χ2n) is 9.85. The lowest BCUT2D eigenvalue weighted by molar-refractivity contribution is -0.133. The first-order valence-electron chi connectivity index (χ1n) is 12.8. The number of hydrogen-bond donors (Lipinski definition) is 0. The quantitative estimate of drug-likeness (QED) is 0.537. The topological polar surface area (TPSA) is 109 Å². The molecule has 2 aromatic rings. The monoisotopic (exact) mass is 542 g/mol. The van der Waals surface area contributed by atoms with Crippen LogP contribution in [0.2, 0.25) is 0 Å². The number of piperazine rings is 1. The molecule has 0 radical (unpaired) electrons. The van der Waals surface area contributed by atoms with E-state index in [2.05, 4.69) is 4.90 Å². The molecule has 0 aromatic heterocycles. The molecular formula is C26H30N4O7S. The fraction of sp³-hybridized carbons (Fsp3) is 0.462. The number of sulfonamides is 1. The molecule has 4 aliphatic rings. The Hall–Kier alpha value is -3.35. The number of fused-ring (bicyclic) bond motifs is 2. The molecule has 2 saturated heterocycles. The van der Waals surface area contributed by atoms with Crippen LogP contribution in [0, 0.1) is 0 Å². The number of carbonyl (C=O) groups is 2. The summed E-state index contributed by atoms with van der Waals surface area (Å²) in [6.45, 7) is 4.07. The van der Waals surface area contributed by atoms with Crippen molar-refractivity contribution in [1.29, 1.82) is 0 Å². The average Bonchev–Trinajstić information content (AvgIpc) is 3.63. The number of rotatable bonds is 6. The van der Waals surface area contributed by atoms with Gasteiger partial charge in [0.25, 0.3) is 5.91 Å². The summed E-state index contributed by atoms with van der Waals surface area (Å²) in [6, 6.07) is 10.4. The second-order valence-corrected chi connectivity index (χ2v) is 11.8. The Kier molecular flexibility index (Phi) is 6.62. The van der Waals surface area contributed by atoms with Crippen molar-refractivity contribution in [3.63, 3.8) is 0 Å². The lowest BCUT2D eigenvalue weighted by atomic mass is 10.1. The summed E-state index contributed by atoms with van der Waals surface area (Å²) in [5.41, 5.74) is 1.43. The van der Waals surface area contributed by atoms with Crippen molar-refractivity contribution in [3.8, 4) is 17.2 Å². The van der Waals surface area contributed by atoms with E-state index in [-0.39, 0.29) is 36.7 Å². The van der Waals surface area contributed by atoms with E-state index in [1.807, 2.05) is 18.2 Å². The maximum atomic E-state index is 13.2. The fourth-order valence-electron chi connectivity index (χ4n) is 5.28. The Morgan fingerprint density at radius 3 is 2.37 bits per heavy atom. The average molecular weight is 543 g/mol. The summed E-state index contributed by atoms with van der Waals surface area (Å²) in [5, 5.41) is 0. The Labute approximate surface area is 221 Å². The summed E-state index contributed by atoms with van der Waals surface area (Å²) < 4.78 is 44.0. The van der Waals surface area contributed by atoms with Crippen molar-refractivity contribution in [2.75, 3.05) is 64.1 Å². The van der Waals surface area contributed by atoms with E-state index in [9.17, 15) is 18.0 Å². The third-order valence-corrected chi connectivity index (χ3v) is 9.33. The third-order valence-electron chi connectivity index (χ3n) is 7.44. The Morgan fingerprint density at radius 1 is 0.842 bits per heavy atom. The highest BCUT2D eigenvalue weighted by atomic mass is 32.2. The molecule has 0 saturated carbocycles. The largest absolute Gasteiger partial charge is 0.482 e. The number of hydrogen-bond acceptors (Lipinski definition) is 8. The molecule has 0 bridgehead atoms. The van der Waals surface area contributed by atoms with Crippen molar-refractivity contribution in [2.24, 2.45) is 0 Å². The first kappa shape index (κ1) is 25.0. The fourth-order valence-corrected chi connectivity index (χ4v) is 6.82. The molecule has 202 valence electrons. The summed E-state index contributed by atoms with van der Waals surface area (Å²) >= 11 is 0. The highest BCUT2D eigenvalue weighted by Crippen LogP contribution is 2.36. The second kappa shape index (κ2) is 10.1. The number of carbonyl (C=O) groups excluding carboxylic acids is 2. The molecule has 11 nitrogen and oxygen atoms in total. The number of benzene rings is 2. The predicted molar refractivity (Wildman–Crippen MR) is 137 cm³/mol. The van der Waals surface area contributed by atoms with Gasteiger partial charge < -0.3 is 19.1 Å². The summed E-state index contributed by atoms with van der Waals surface area (Å²) in [4.78, 5) is 31.5. The summed E-state index contributed by atoms with van der Waals surface area (Å²) in [7, 11) is -3.67. The molecule has 2 amide bonds. The van der Waals surface area contributed by atoms with Gasteiger partial charge in [0, 0.05) is 45.8 Å². The van der Waals surface area contributed by atoms with Crippen LogP contribution in [0.5, 0.6) is 17.2 Å². The van der Waals surface area contributed by atoms with Crippen LogP contribution in [-0.2, 0) is 26.2 Å². The van der Waals surface area contributed by atoms with Gasteiger partial charge >= 0.3 is 0 Å².